The molecule has 2 heteroatoms. The van der Waals surface area contributed by atoms with Crippen molar-refractivity contribution >= 4 is 60.3 Å². The Labute approximate surface area is 303 Å². The fraction of sp³-hybridized carbons (Fsp3) is 0.0400. The molecule has 0 N–H and O–H groups in total. The Kier molecular flexibility index (Phi) is 7.32. The van der Waals surface area contributed by atoms with E-state index in [1.54, 1.807) is 0 Å². The van der Waals surface area contributed by atoms with Gasteiger partial charge in [-0.05, 0) is 98.8 Å². The smallest absolute Gasteiger partial charge is 0.0560 e. The minimum Gasteiger partial charge on any atom is -0.334 e. The molecule has 9 aromatic rings. The molecule has 1 aliphatic rings. The minimum atomic E-state index is 0.153. The van der Waals surface area contributed by atoms with Gasteiger partial charge in [-0.2, -0.15) is 0 Å². The number of nitrogens with zero attached hydrogens (tertiary/aromatic N) is 2. The maximum absolute atomic E-state index is 2.51. The van der Waals surface area contributed by atoms with E-state index in [1.165, 1.54) is 71.3 Å². The average Bonchev–Trinajstić information content (AvgIpc) is 3.57. The van der Waals surface area contributed by atoms with E-state index in [9.17, 15) is 0 Å². The lowest BCUT2D eigenvalue weighted by Crippen LogP contribution is -2.30. The molecule has 8 aromatic carbocycles. The highest BCUT2D eigenvalue weighted by molar-refractivity contribution is 6.21. The lowest BCUT2D eigenvalue weighted by atomic mass is 9.94. The summed E-state index contributed by atoms with van der Waals surface area (Å²) in [6.45, 7) is 0. The van der Waals surface area contributed by atoms with Crippen molar-refractivity contribution in [3.05, 3.63) is 206 Å². The molecule has 1 heterocycles. The largest absolute Gasteiger partial charge is 0.334 e. The van der Waals surface area contributed by atoms with Gasteiger partial charge >= 0.3 is 0 Å². The average molecular weight is 665 g/mol. The van der Waals surface area contributed by atoms with E-state index in [0.717, 1.165) is 17.8 Å². The topological polar surface area (TPSA) is 8.17 Å². The first kappa shape index (κ1) is 30.2. The summed E-state index contributed by atoms with van der Waals surface area (Å²) in [6.07, 6.45) is 7.96. The minimum absolute atomic E-state index is 0.153. The van der Waals surface area contributed by atoms with Crippen LogP contribution in [-0.2, 0) is 0 Å². The molecule has 1 aliphatic carbocycles. The number of allylic oxidation sites excluding steroid dienone is 2. The maximum atomic E-state index is 2.51. The standard InChI is InChI=1S/C50H36N2/c1-2-12-35(13-3-1)36-24-27-40(28-25-36)51(43-18-10-17-39(34-43)45-22-11-16-37-14-4-6-19-44(37)45)41-29-31-42(32-30-41)52-48-23-9-8-21-47(48)50-46-20-7-5-15-38(46)26-33-49(50)52/h1-27,29-34,40H,28H2. The lowest BCUT2D eigenvalue weighted by Gasteiger charge is -2.34. The van der Waals surface area contributed by atoms with Crippen LogP contribution < -0.4 is 4.90 Å². The van der Waals surface area contributed by atoms with E-state index >= 15 is 0 Å². The molecule has 0 fully saturated rings. The fourth-order valence-electron chi connectivity index (χ4n) is 8.26. The summed E-state index contributed by atoms with van der Waals surface area (Å²) >= 11 is 0. The molecule has 1 atom stereocenters. The molecule has 2 nitrogen and oxygen atoms in total. The molecule has 0 saturated carbocycles. The second-order valence-electron chi connectivity index (χ2n) is 13.7. The van der Waals surface area contributed by atoms with Gasteiger partial charge in [-0.1, -0.05) is 152 Å². The van der Waals surface area contributed by atoms with Crippen LogP contribution >= 0.6 is 0 Å². The van der Waals surface area contributed by atoms with Crippen molar-refractivity contribution in [2.45, 2.75) is 12.5 Å². The van der Waals surface area contributed by atoms with Crippen LogP contribution in [0.5, 0.6) is 0 Å². The van der Waals surface area contributed by atoms with Crippen LogP contribution in [0.2, 0.25) is 0 Å². The number of para-hydroxylation sites is 1. The van der Waals surface area contributed by atoms with Crippen molar-refractivity contribution in [1.29, 1.82) is 0 Å². The van der Waals surface area contributed by atoms with Gasteiger partial charge in [0.05, 0.1) is 17.1 Å². The zero-order valence-corrected chi connectivity index (χ0v) is 28.7. The van der Waals surface area contributed by atoms with E-state index in [1.807, 2.05) is 0 Å². The predicted molar refractivity (Wildman–Crippen MR) is 222 cm³/mol. The van der Waals surface area contributed by atoms with Crippen LogP contribution in [0, 0.1) is 0 Å². The van der Waals surface area contributed by atoms with Gasteiger partial charge < -0.3 is 9.47 Å². The summed E-state index contributed by atoms with van der Waals surface area (Å²) in [5.41, 5.74) is 10.9. The lowest BCUT2D eigenvalue weighted by molar-refractivity contribution is 0.787. The van der Waals surface area contributed by atoms with Crippen molar-refractivity contribution in [2.24, 2.45) is 0 Å². The Balaban J connectivity index is 1.09. The second-order valence-corrected chi connectivity index (χ2v) is 13.7. The van der Waals surface area contributed by atoms with Crippen LogP contribution in [0.4, 0.5) is 11.4 Å². The molecule has 0 amide bonds. The molecule has 0 spiro atoms. The van der Waals surface area contributed by atoms with Gasteiger partial charge in [-0.15, -0.1) is 0 Å². The van der Waals surface area contributed by atoms with Gasteiger partial charge in [0.2, 0.25) is 0 Å². The van der Waals surface area contributed by atoms with Crippen LogP contribution in [0.3, 0.4) is 0 Å². The molecule has 1 unspecified atom stereocenters. The number of fused-ring (bicyclic) bond motifs is 6. The van der Waals surface area contributed by atoms with Gasteiger partial charge in [-0.3, -0.25) is 0 Å². The van der Waals surface area contributed by atoms with Crippen molar-refractivity contribution in [1.82, 2.24) is 4.57 Å². The van der Waals surface area contributed by atoms with Gasteiger partial charge in [0.25, 0.3) is 0 Å². The molecular formula is C50H36N2. The van der Waals surface area contributed by atoms with Crippen LogP contribution in [0.1, 0.15) is 12.0 Å². The van der Waals surface area contributed by atoms with Crippen molar-refractivity contribution in [2.75, 3.05) is 4.90 Å². The summed E-state index contributed by atoms with van der Waals surface area (Å²) in [7, 11) is 0. The van der Waals surface area contributed by atoms with E-state index in [0.29, 0.717) is 0 Å². The van der Waals surface area contributed by atoms with E-state index in [-0.39, 0.29) is 6.04 Å². The van der Waals surface area contributed by atoms with Gasteiger partial charge in [0.1, 0.15) is 0 Å². The van der Waals surface area contributed by atoms with Crippen LogP contribution in [-0.4, -0.2) is 10.6 Å². The number of aromatic nitrogens is 1. The van der Waals surface area contributed by atoms with E-state index in [2.05, 4.69) is 210 Å². The Hall–Kier alpha value is -6.64. The third kappa shape index (κ3) is 5.11. The third-order valence-corrected chi connectivity index (χ3v) is 10.7. The first-order valence-corrected chi connectivity index (χ1v) is 18.1. The van der Waals surface area contributed by atoms with Crippen molar-refractivity contribution < 1.29 is 0 Å². The highest BCUT2D eigenvalue weighted by Crippen LogP contribution is 2.40. The molecule has 0 bridgehead atoms. The predicted octanol–water partition coefficient (Wildman–Crippen LogP) is 13.3. The zero-order valence-electron chi connectivity index (χ0n) is 28.7. The first-order chi connectivity index (χ1) is 25.8. The first-order valence-electron chi connectivity index (χ1n) is 18.1. The fourth-order valence-corrected chi connectivity index (χ4v) is 8.26. The highest BCUT2D eigenvalue weighted by Gasteiger charge is 2.22. The molecule has 1 aromatic heterocycles. The SMILES string of the molecule is C1=CC(N(c2ccc(-n3c4ccccc4c4c5ccccc5ccc43)cc2)c2cccc(-c3cccc4ccccc34)c2)CC=C1c1ccccc1. The summed E-state index contributed by atoms with van der Waals surface area (Å²) in [6, 6.07) is 66.4. The van der Waals surface area contributed by atoms with Crippen LogP contribution in [0.25, 0.3) is 65.7 Å². The number of rotatable bonds is 6. The second kappa shape index (κ2) is 12.6. The molecule has 0 aliphatic heterocycles. The zero-order chi connectivity index (χ0) is 34.4. The van der Waals surface area contributed by atoms with Gasteiger partial charge in [0.15, 0.2) is 0 Å². The number of hydrogen-bond donors (Lipinski definition) is 0. The Bertz CT molecular complexity index is 2810. The normalized spacial score (nSPS) is 14.3. The molecule has 246 valence electrons. The van der Waals surface area contributed by atoms with Crippen molar-refractivity contribution in [3.8, 4) is 16.8 Å². The molecule has 0 radical (unpaired) electrons. The molecular weight excluding hydrogens is 629 g/mol. The van der Waals surface area contributed by atoms with Crippen molar-refractivity contribution in [3.63, 3.8) is 0 Å². The summed E-state index contributed by atoms with van der Waals surface area (Å²) in [5.74, 6) is 0. The van der Waals surface area contributed by atoms with Gasteiger partial charge in [-0.25, -0.2) is 0 Å². The molecule has 0 saturated heterocycles. The number of anilines is 2. The van der Waals surface area contributed by atoms with E-state index in [4.69, 9.17) is 0 Å². The highest BCUT2D eigenvalue weighted by atomic mass is 15.2. The van der Waals surface area contributed by atoms with Crippen LogP contribution in [0.15, 0.2) is 200 Å². The number of hydrogen-bond acceptors (Lipinski definition) is 1. The summed E-state index contributed by atoms with van der Waals surface area (Å²) < 4.78 is 2.42. The van der Waals surface area contributed by atoms with E-state index < -0.39 is 0 Å². The summed E-state index contributed by atoms with van der Waals surface area (Å²) in [4.78, 5) is 2.51. The van der Waals surface area contributed by atoms with Gasteiger partial charge in [0, 0.05) is 27.8 Å². The Morgan fingerprint density at radius 3 is 1.96 bits per heavy atom. The third-order valence-electron chi connectivity index (χ3n) is 10.7. The Morgan fingerprint density at radius 2 is 1.15 bits per heavy atom. The Morgan fingerprint density at radius 1 is 0.481 bits per heavy atom. The number of benzene rings is 8. The summed E-state index contributed by atoms with van der Waals surface area (Å²) in [5, 5.41) is 7.65. The maximum Gasteiger partial charge on any atom is 0.0560 e. The monoisotopic (exact) mass is 664 g/mol. The molecule has 52 heavy (non-hydrogen) atoms. The quantitative estimate of drug-likeness (QED) is 0.172. The molecule has 10 rings (SSSR count).